The quantitative estimate of drug-likeness (QED) is 0.599. The molecule has 0 bridgehead atoms. The van der Waals surface area contributed by atoms with Crippen molar-refractivity contribution in [3.05, 3.63) is 12.2 Å². The molecule has 0 atom stereocenters. The lowest BCUT2D eigenvalue weighted by Crippen LogP contribution is -2.32. The first-order valence-corrected chi connectivity index (χ1v) is 5.00. The second kappa shape index (κ2) is 6.58. The molecule has 0 spiro atoms. The van der Waals surface area contributed by atoms with E-state index in [9.17, 15) is 4.79 Å². The Labute approximate surface area is 91.3 Å². The monoisotopic (exact) mass is 215 g/mol. The summed E-state index contributed by atoms with van der Waals surface area (Å²) < 4.78 is 5.00. The molecule has 0 aromatic carbocycles. The van der Waals surface area contributed by atoms with Crippen LogP contribution in [0.1, 0.15) is 20.3 Å². The van der Waals surface area contributed by atoms with Gasteiger partial charge in [-0.3, -0.25) is 0 Å². The summed E-state index contributed by atoms with van der Waals surface area (Å²) in [4.78, 5) is 10.5. The summed E-state index contributed by atoms with van der Waals surface area (Å²) in [6.45, 7) is 9.47. The summed E-state index contributed by atoms with van der Waals surface area (Å²) in [5.41, 5.74) is 0.298. The van der Waals surface area contributed by atoms with Crippen LogP contribution < -0.4 is 5.32 Å². The number of carboxylic acids is 1. The van der Waals surface area contributed by atoms with Crippen molar-refractivity contribution >= 4 is 5.97 Å². The Kier molecular flexibility index (Phi) is 6.20. The Balaban J connectivity index is 3.74. The molecule has 4 nitrogen and oxygen atoms in total. The summed E-state index contributed by atoms with van der Waals surface area (Å²) in [5, 5.41) is 11.7. The van der Waals surface area contributed by atoms with Crippen LogP contribution in [0.2, 0.25) is 0 Å². The number of nitrogens with one attached hydrogen (secondary N) is 1. The lowest BCUT2D eigenvalue weighted by atomic mass is 9.89. The molecule has 0 saturated heterocycles. The number of methoxy groups -OCH3 is 1. The van der Waals surface area contributed by atoms with Crippen LogP contribution in [0.5, 0.6) is 0 Å². The van der Waals surface area contributed by atoms with Gasteiger partial charge in [0, 0.05) is 32.4 Å². The third-order valence-corrected chi connectivity index (χ3v) is 2.23. The number of rotatable bonds is 8. The minimum absolute atomic E-state index is 0.106. The van der Waals surface area contributed by atoms with Crippen molar-refractivity contribution < 1.29 is 14.6 Å². The highest BCUT2D eigenvalue weighted by Gasteiger charge is 2.17. The van der Waals surface area contributed by atoms with Gasteiger partial charge in [-0.05, 0) is 11.8 Å². The Morgan fingerprint density at radius 1 is 1.53 bits per heavy atom. The fraction of sp³-hybridized carbons (Fsp3) is 0.727. The highest BCUT2D eigenvalue weighted by Crippen LogP contribution is 2.18. The molecule has 0 amide bonds. The van der Waals surface area contributed by atoms with Crippen LogP contribution in [0.4, 0.5) is 0 Å². The van der Waals surface area contributed by atoms with Crippen molar-refractivity contribution in [2.75, 3.05) is 26.8 Å². The van der Waals surface area contributed by atoms with Crippen LogP contribution in [0, 0.1) is 5.41 Å². The topological polar surface area (TPSA) is 58.6 Å². The van der Waals surface area contributed by atoms with E-state index < -0.39 is 5.97 Å². The molecule has 0 aliphatic rings. The highest BCUT2D eigenvalue weighted by molar-refractivity contribution is 5.86. The zero-order valence-electron chi connectivity index (χ0n) is 9.80. The van der Waals surface area contributed by atoms with E-state index in [1.165, 1.54) is 0 Å². The summed E-state index contributed by atoms with van der Waals surface area (Å²) in [5.74, 6) is -0.947. The van der Waals surface area contributed by atoms with Gasteiger partial charge in [-0.15, -0.1) is 0 Å². The first kappa shape index (κ1) is 14.1. The summed E-state index contributed by atoms with van der Waals surface area (Å²) in [7, 11) is 1.68. The molecule has 2 N–H and O–H groups in total. The van der Waals surface area contributed by atoms with Crippen molar-refractivity contribution in [1.82, 2.24) is 5.32 Å². The lowest BCUT2D eigenvalue weighted by Gasteiger charge is -2.24. The molecule has 0 saturated carbocycles. The van der Waals surface area contributed by atoms with E-state index in [4.69, 9.17) is 9.84 Å². The molecular weight excluding hydrogens is 194 g/mol. The molecule has 15 heavy (non-hydrogen) atoms. The Morgan fingerprint density at radius 3 is 2.60 bits per heavy atom. The first-order valence-electron chi connectivity index (χ1n) is 5.00. The van der Waals surface area contributed by atoms with E-state index >= 15 is 0 Å². The van der Waals surface area contributed by atoms with Crippen molar-refractivity contribution in [3.8, 4) is 0 Å². The van der Waals surface area contributed by atoms with E-state index in [0.29, 0.717) is 13.2 Å². The summed E-state index contributed by atoms with van der Waals surface area (Å²) in [6, 6.07) is 0. The summed E-state index contributed by atoms with van der Waals surface area (Å²) >= 11 is 0. The average Bonchev–Trinajstić information content (AvgIpc) is 2.14. The minimum atomic E-state index is -0.947. The lowest BCUT2D eigenvalue weighted by molar-refractivity contribution is -0.132. The van der Waals surface area contributed by atoms with Crippen molar-refractivity contribution in [2.45, 2.75) is 20.3 Å². The number of ether oxygens (including phenoxy) is 1. The molecule has 0 aliphatic carbocycles. The second-order valence-corrected chi connectivity index (χ2v) is 4.42. The fourth-order valence-corrected chi connectivity index (χ4v) is 1.09. The molecule has 0 unspecified atom stereocenters. The van der Waals surface area contributed by atoms with Crippen molar-refractivity contribution in [2.24, 2.45) is 5.41 Å². The Bertz CT molecular complexity index is 224. The number of carbonyl (C=O) groups is 1. The van der Waals surface area contributed by atoms with Gasteiger partial charge in [-0.2, -0.15) is 0 Å². The van der Waals surface area contributed by atoms with Crippen LogP contribution in [0.3, 0.4) is 0 Å². The van der Waals surface area contributed by atoms with Crippen molar-refractivity contribution in [1.29, 1.82) is 0 Å². The predicted octanol–water partition coefficient (Wildman–Crippen LogP) is 1.28. The maximum absolute atomic E-state index is 10.5. The number of aliphatic carboxylic acids is 1. The maximum Gasteiger partial charge on any atom is 0.332 e. The van der Waals surface area contributed by atoms with Crippen molar-refractivity contribution in [3.63, 3.8) is 0 Å². The van der Waals surface area contributed by atoms with E-state index in [1.54, 1.807) is 7.11 Å². The smallest absolute Gasteiger partial charge is 0.332 e. The van der Waals surface area contributed by atoms with E-state index in [2.05, 4.69) is 25.7 Å². The standard InChI is InChI=1S/C11H21NO3/c1-9(10(13)14)7-12-8-11(2,3)5-6-15-4/h12H,1,5-8H2,2-4H3,(H,13,14). The van der Waals surface area contributed by atoms with Crippen LogP contribution in [0.15, 0.2) is 12.2 Å². The molecule has 0 heterocycles. The molecule has 0 radical (unpaired) electrons. The highest BCUT2D eigenvalue weighted by atomic mass is 16.5. The third kappa shape index (κ3) is 7.11. The average molecular weight is 215 g/mol. The number of hydrogen-bond donors (Lipinski definition) is 2. The minimum Gasteiger partial charge on any atom is -0.478 e. The van der Waals surface area contributed by atoms with E-state index in [-0.39, 0.29) is 11.0 Å². The summed E-state index contributed by atoms with van der Waals surface area (Å²) in [6.07, 6.45) is 0.941. The van der Waals surface area contributed by atoms with Gasteiger partial charge < -0.3 is 15.2 Å². The zero-order valence-corrected chi connectivity index (χ0v) is 9.80. The van der Waals surface area contributed by atoms with Gasteiger partial charge >= 0.3 is 5.97 Å². The molecule has 0 aliphatic heterocycles. The molecule has 88 valence electrons. The molecule has 0 fully saturated rings. The van der Waals surface area contributed by atoms with Crippen LogP contribution in [0.25, 0.3) is 0 Å². The van der Waals surface area contributed by atoms with E-state index in [0.717, 1.165) is 13.0 Å². The molecule has 0 rings (SSSR count). The zero-order chi connectivity index (χ0) is 11.9. The van der Waals surface area contributed by atoms with Crippen LogP contribution in [-0.2, 0) is 9.53 Å². The normalized spacial score (nSPS) is 11.4. The first-order chi connectivity index (χ1) is 6.89. The van der Waals surface area contributed by atoms with Gasteiger partial charge in [0.2, 0.25) is 0 Å². The predicted molar refractivity (Wildman–Crippen MR) is 59.9 cm³/mol. The van der Waals surface area contributed by atoms with Crippen LogP contribution in [-0.4, -0.2) is 37.9 Å². The maximum atomic E-state index is 10.5. The van der Waals surface area contributed by atoms with Gasteiger partial charge in [0.15, 0.2) is 0 Å². The Hall–Kier alpha value is -0.870. The Morgan fingerprint density at radius 2 is 2.13 bits per heavy atom. The SMILES string of the molecule is C=C(CNCC(C)(C)CCOC)C(=O)O. The van der Waals surface area contributed by atoms with Gasteiger partial charge in [0.25, 0.3) is 0 Å². The van der Waals surface area contributed by atoms with E-state index in [1.807, 2.05) is 0 Å². The number of carboxylic acid groups (broad SMARTS) is 1. The molecule has 0 aromatic heterocycles. The van der Waals surface area contributed by atoms with Gasteiger partial charge in [0.05, 0.1) is 0 Å². The van der Waals surface area contributed by atoms with Gasteiger partial charge in [-0.1, -0.05) is 20.4 Å². The number of hydrogen-bond acceptors (Lipinski definition) is 3. The molecule has 4 heteroatoms. The molecular formula is C11H21NO3. The third-order valence-electron chi connectivity index (χ3n) is 2.23. The second-order valence-electron chi connectivity index (χ2n) is 4.42. The van der Waals surface area contributed by atoms with Crippen LogP contribution >= 0.6 is 0 Å². The fourth-order valence-electron chi connectivity index (χ4n) is 1.09. The largest absolute Gasteiger partial charge is 0.478 e. The van der Waals surface area contributed by atoms with Gasteiger partial charge in [-0.25, -0.2) is 4.79 Å². The van der Waals surface area contributed by atoms with Gasteiger partial charge in [0.1, 0.15) is 0 Å². The molecule has 0 aromatic rings.